The third-order valence-corrected chi connectivity index (χ3v) is 13.6. The van der Waals surface area contributed by atoms with Gasteiger partial charge in [0.2, 0.25) is 0 Å². The number of nitrogens with one attached hydrogen (secondary N) is 2. The van der Waals surface area contributed by atoms with Gasteiger partial charge in [-0.15, -0.1) is 0 Å². The van der Waals surface area contributed by atoms with Crippen molar-refractivity contribution in [2.75, 3.05) is 50.5 Å². The normalized spacial score (nSPS) is 38.5. The summed E-state index contributed by atoms with van der Waals surface area (Å²) in [5.41, 5.74) is 11.3. The van der Waals surface area contributed by atoms with Crippen LogP contribution in [0, 0.1) is 17.8 Å². The minimum Gasteiger partial charge on any atom is -0.390 e. The molecule has 3 heterocycles. The highest BCUT2D eigenvalue weighted by molar-refractivity contribution is 5.75. The van der Waals surface area contributed by atoms with Crippen molar-refractivity contribution in [1.29, 1.82) is 0 Å². The highest BCUT2D eigenvalue weighted by Crippen LogP contribution is 2.46. The number of hydrogen-bond donors (Lipinski definition) is 5. The van der Waals surface area contributed by atoms with Gasteiger partial charge in [0, 0.05) is 50.1 Å². The van der Waals surface area contributed by atoms with E-state index in [1.165, 1.54) is 68.3 Å². The van der Waals surface area contributed by atoms with Crippen LogP contribution in [0.1, 0.15) is 103 Å². The van der Waals surface area contributed by atoms with Crippen LogP contribution in [0.3, 0.4) is 0 Å². The summed E-state index contributed by atoms with van der Waals surface area (Å²) in [6, 6.07) is 7.59. The molecule has 47 heavy (non-hydrogen) atoms. The number of unbranched alkanes of at least 4 members (excludes halogenated alkanes) is 1. The minimum absolute atomic E-state index is 0.00415. The van der Waals surface area contributed by atoms with Crippen LogP contribution in [0.5, 0.6) is 0 Å². The van der Waals surface area contributed by atoms with Gasteiger partial charge >= 0.3 is 0 Å². The first-order valence-electron chi connectivity index (χ1n) is 19.4. The van der Waals surface area contributed by atoms with Crippen LogP contribution in [-0.4, -0.2) is 112 Å². The van der Waals surface area contributed by atoms with Gasteiger partial charge < -0.3 is 31.5 Å². The van der Waals surface area contributed by atoms with Crippen LogP contribution >= 0.6 is 0 Å². The first kappa shape index (κ1) is 34.0. The maximum absolute atomic E-state index is 11.4. The average molecular weight is 652 g/mol. The minimum atomic E-state index is -0.692. The van der Waals surface area contributed by atoms with Crippen molar-refractivity contribution in [2.45, 2.75) is 146 Å². The zero-order valence-corrected chi connectivity index (χ0v) is 29.8. The van der Waals surface area contributed by atoms with Crippen LogP contribution in [-0.2, 0) is 5.41 Å². The van der Waals surface area contributed by atoms with Gasteiger partial charge in [0.05, 0.1) is 48.7 Å². The Morgan fingerprint density at radius 1 is 0.979 bits per heavy atom. The van der Waals surface area contributed by atoms with Crippen LogP contribution in [0.15, 0.2) is 18.2 Å². The van der Waals surface area contributed by atoms with Crippen molar-refractivity contribution in [3.8, 4) is 0 Å². The lowest BCUT2D eigenvalue weighted by molar-refractivity contribution is -0.101. The summed E-state index contributed by atoms with van der Waals surface area (Å²) in [4.78, 5) is 10.1. The Bertz CT molecular complexity index is 1210. The number of likely N-dealkylation sites (tertiary alicyclic amines) is 1. The zero-order valence-electron chi connectivity index (χ0n) is 29.8. The predicted octanol–water partition coefficient (Wildman–Crippen LogP) is 4.61. The summed E-state index contributed by atoms with van der Waals surface area (Å²) >= 11 is 0. The zero-order chi connectivity index (χ0) is 32.9. The third kappa shape index (κ3) is 6.60. The van der Waals surface area contributed by atoms with E-state index in [0.29, 0.717) is 23.5 Å². The number of nitrogens with two attached hydrogens (primary N) is 1. The molecule has 3 saturated carbocycles. The fourth-order valence-electron chi connectivity index (χ4n) is 10.3. The van der Waals surface area contributed by atoms with E-state index in [9.17, 15) is 10.2 Å². The van der Waals surface area contributed by atoms with E-state index >= 15 is 0 Å². The number of aliphatic hydroxyl groups is 2. The lowest BCUT2D eigenvalue weighted by Crippen LogP contribution is -2.66. The summed E-state index contributed by atoms with van der Waals surface area (Å²) in [6.45, 7) is 11.8. The summed E-state index contributed by atoms with van der Waals surface area (Å²) < 4.78 is 0. The summed E-state index contributed by atoms with van der Waals surface area (Å²) in [5, 5.41) is 30.2. The molecule has 0 amide bonds. The van der Waals surface area contributed by atoms with Crippen LogP contribution in [0.25, 0.3) is 0 Å². The summed E-state index contributed by atoms with van der Waals surface area (Å²) in [6.07, 6.45) is 13.6. The van der Waals surface area contributed by atoms with Crippen molar-refractivity contribution in [3.05, 3.63) is 23.8 Å². The lowest BCUT2D eigenvalue weighted by Gasteiger charge is -2.51. The van der Waals surface area contributed by atoms with Crippen LogP contribution < -0.4 is 16.4 Å². The number of anilines is 2. The molecule has 9 heteroatoms. The van der Waals surface area contributed by atoms with E-state index in [2.05, 4.69) is 76.3 Å². The van der Waals surface area contributed by atoms with Crippen molar-refractivity contribution < 1.29 is 10.2 Å². The quantitative estimate of drug-likeness (QED) is 0.209. The molecule has 5 fully saturated rings. The smallest absolute Gasteiger partial charge is 0.0964 e. The van der Waals surface area contributed by atoms with Gasteiger partial charge in [-0.1, -0.05) is 39.7 Å². The van der Waals surface area contributed by atoms with Gasteiger partial charge in [-0.3, -0.25) is 14.7 Å². The summed E-state index contributed by atoms with van der Waals surface area (Å²) in [5.74, 6) is 1.26. The van der Waals surface area contributed by atoms with E-state index in [0.717, 1.165) is 64.4 Å². The number of rotatable bonds is 13. The molecule has 0 spiro atoms. The Balaban J connectivity index is 0.875. The molecule has 2 saturated heterocycles. The molecule has 6 N–H and O–H groups in total. The number of nitrogens with zero attached hydrogens (tertiary/aromatic N) is 4. The maximum atomic E-state index is 11.4. The topological polar surface area (TPSA) is 104 Å². The second kappa shape index (κ2) is 14.0. The molecule has 0 aromatic heterocycles. The van der Waals surface area contributed by atoms with E-state index in [1.807, 2.05) is 0 Å². The standard InChI is InChI=1S/C38H65N7O2/c1-5-7-17-43-24-44(16-6-2)37-29(36(43)39)13-18-45(37)32-21-26(34(46)35(32)47)23-42(4)28-19-25(20-28)9-12-33-40-30-11-10-27(22-31(30)41-33)38(3)14-8-15-38/h10-11,22,25-26,28-29,32-37,40-41,46-47H,5-9,12-21,23-24,39H2,1-4H3/t25?,26-,28?,29?,32-,33?,34-,35+,36?,37?/m1/s1. The van der Waals surface area contributed by atoms with E-state index in [1.54, 1.807) is 0 Å². The number of fused-ring (bicyclic) bond motifs is 2. The second-order valence-corrected chi connectivity index (χ2v) is 16.8. The van der Waals surface area contributed by atoms with Crippen molar-refractivity contribution in [2.24, 2.45) is 23.5 Å². The Kier molecular flexibility index (Phi) is 10.2. The average Bonchev–Trinajstić information content (AvgIpc) is 3.72. The van der Waals surface area contributed by atoms with Gasteiger partial charge in [-0.05, 0) is 100 Å². The molecule has 6 aliphatic rings. The highest BCUT2D eigenvalue weighted by Gasteiger charge is 2.53. The molecule has 4 unspecified atom stereocenters. The highest BCUT2D eigenvalue weighted by atomic mass is 16.3. The first-order chi connectivity index (χ1) is 22.7. The molecular weight excluding hydrogens is 586 g/mol. The molecule has 1 aromatic carbocycles. The molecule has 3 aliphatic carbocycles. The Morgan fingerprint density at radius 2 is 1.77 bits per heavy atom. The number of aliphatic hydroxyl groups excluding tert-OH is 2. The van der Waals surface area contributed by atoms with Crippen molar-refractivity contribution in [1.82, 2.24) is 19.6 Å². The van der Waals surface area contributed by atoms with E-state index < -0.39 is 12.2 Å². The second-order valence-electron chi connectivity index (χ2n) is 16.8. The third-order valence-electron chi connectivity index (χ3n) is 13.6. The molecule has 7 rings (SSSR count). The van der Waals surface area contributed by atoms with Gasteiger partial charge in [0.25, 0.3) is 0 Å². The maximum Gasteiger partial charge on any atom is 0.0964 e. The van der Waals surface area contributed by atoms with Gasteiger partial charge in [-0.25, -0.2) is 0 Å². The number of hydrogen-bond acceptors (Lipinski definition) is 9. The largest absolute Gasteiger partial charge is 0.390 e. The first-order valence-corrected chi connectivity index (χ1v) is 19.4. The van der Waals surface area contributed by atoms with Gasteiger partial charge in [0.15, 0.2) is 0 Å². The Hall–Kier alpha value is -1.46. The van der Waals surface area contributed by atoms with E-state index in [-0.39, 0.29) is 24.3 Å². The van der Waals surface area contributed by atoms with Crippen molar-refractivity contribution >= 4 is 11.4 Å². The lowest BCUT2D eigenvalue weighted by atomic mass is 9.66. The number of benzene rings is 1. The SMILES string of the molecule is CCCCN1CN(CCC)C2C(CCN2[C@@H]2C[C@H](CN(C)C3CC(CCC4Nc5ccc(C6(C)CCC6)cc5N4)C3)[C@@H](O)[C@H]2O)C1N. The molecule has 1 aromatic rings. The van der Waals surface area contributed by atoms with Crippen LogP contribution in [0.4, 0.5) is 11.4 Å². The van der Waals surface area contributed by atoms with Gasteiger partial charge in [0.1, 0.15) is 0 Å². The van der Waals surface area contributed by atoms with Crippen LogP contribution in [0.2, 0.25) is 0 Å². The Morgan fingerprint density at radius 3 is 2.49 bits per heavy atom. The molecule has 9 nitrogen and oxygen atoms in total. The molecule has 0 radical (unpaired) electrons. The molecular formula is C38H65N7O2. The molecule has 8 atom stereocenters. The van der Waals surface area contributed by atoms with E-state index in [4.69, 9.17) is 5.73 Å². The molecule has 0 bridgehead atoms. The monoisotopic (exact) mass is 652 g/mol. The fourth-order valence-corrected chi connectivity index (χ4v) is 10.3. The Labute approximate surface area is 284 Å². The molecule has 264 valence electrons. The van der Waals surface area contributed by atoms with Crippen molar-refractivity contribution in [3.63, 3.8) is 0 Å². The fraction of sp³-hybridized carbons (Fsp3) is 0.842. The molecule has 3 aliphatic heterocycles. The predicted molar refractivity (Wildman–Crippen MR) is 191 cm³/mol. The summed E-state index contributed by atoms with van der Waals surface area (Å²) in [7, 11) is 2.24. The van der Waals surface area contributed by atoms with Gasteiger partial charge in [-0.2, -0.15) is 0 Å².